The average molecular weight is 646 g/mol. The second kappa shape index (κ2) is 13.7. The van der Waals surface area contributed by atoms with Crippen molar-refractivity contribution in [2.24, 2.45) is 0 Å². The van der Waals surface area contributed by atoms with Gasteiger partial charge in [-0.3, -0.25) is 24.9 Å². The second-order valence-electron chi connectivity index (χ2n) is 10.5. The first-order valence-electron chi connectivity index (χ1n) is 12.9. The molecule has 1 fully saturated rings. The summed E-state index contributed by atoms with van der Waals surface area (Å²) < 4.78 is 46.6. The summed E-state index contributed by atoms with van der Waals surface area (Å²) in [6.07, 6.45) is -2.63. The van der Waals surface area contributed by atoms with Gasteiger partial charge in [-0.15, -0.1) is 11.8 Å². The lowest BCUT2D eigenvalue weighted by molar-refractivity contribution is -0.128. The number of carbonyl (C=O) groups excluding carboxylic acids is 4. The molecular formula is C27H31ClF3N5O6S. The number of allylic oxidation sites excluding steroid dienone is 1. The van der Waals surface area contributed by atoms with E-state index in [4.69, 9.17) is 16.3 Å². The molecule has 16 heteroatoms. The quantitative estimate of drug-likeness (QED) is 0.228. The number of benzene rings is 1. The number of rotatable bonds is 6. The van der Waals surface area contributed by atoms with Crippen molar-refractivity contribution in [1.29, 1.82) is 0 Å². The number of amides is 4. The van der Waals surface area contributed by atoms with Crippen molar-refractivity contribution in [1.82, 2.24) is 26.1 Å². The Morgan fingerprint density at radius 3 is 2.56 bits per heavy atom. The number of alkyl halides is 3. The van der Waals surface area contributed by atoms with Crippen molar-refractivity contribution in [2.45, 2.75) is 56.3 Å². The fourth-order valence-electron chi connectivity index (χ4n) is 4.13. The maximum Gasteiger partial charge on any atom is 0.426 e. The van der Waals surface area contributed by atoms with E-state index in [1.165, 1.54) is 18.0 Å². The van der Waals surface area contributed by atoms with Crippen molar-refractivity contribution in [3.63, 3.8) is 0 Å². The number of nitrogens with zero attached hydrogens (tertiary/aromatic N) is 2. The number of pyridine rings is 1. The van der Waals surface area contributed by atoms with E-state index in [-0.39, 0.29) is 31.0 Å². The molecule has 0 bridgehead atoms. The van der Waals surface area contributed by atoms with Crippen LogP contribution in [0.15, 0.2) is 42.6 Å². The lowest BCUT2D eigenvalue weighted by Gasteiger charge is -2.45. The number of carbonyl (C=O) groups is 4. The fraction of sp³-hybridized carbons (Fsp3) is 0.444. The van der Waals surface area contributed by atoms with Gasteiger partial charge in [0.1, 0.15) is 23.1 Å². The van der Waals surface area contributed by atoms with Crippen molar-refractivity contribution in [3.8, 4) is 0 Å². The maximum absolute atomic E-state index is 13.3. The third-order valence-electron chi connectivity index (χ3n) is 6.10. The molecule has 1 saturated heterocycles. The summed E-state index contributed by atoms with van der Waals surface area (Å²) in [5.41, 5.74) is 4.05. The lowest BCUT2D eigenvalue weighted by atomic mass is 9.97. The van der Waals surface area contributed by atoms with Crippen LogP contribution >= 0.6 is 23.4 Å². The number of hydrazine groups is 1. The predicted octanol–water partition coefficient (Wildman–Crippen LogP) is 4.95. The molecule has 2 heterocycles. The molecule has 1 aromatic carbocycles. The Kier molecular flexibility index (Phi) is 10.8. The maximum atomic E-state index is 13.3. The number of halogens is 4. The van der Waals surface area contributed by atoms with Crippen LogP contribution in [0.3, 0.4) is 0 Å². The highest BCUT2D eigenvalue weighted by molar-refractivity contribution is 8.00. The summed E-state index contributed by atoms with van der Waals surface area (Å²) in [5, 5.41) is 4.18. The second-order valence-corrected chi connectivity index (χ2v) is 12.2. The van der Waals surface area contributed by atoms with Crippen LogP contribution in [0.5, 0.6) is 0 Å². The van der Waals surface area contributed by atoms with E-state index in [9.17, 15) is 32.3 Å². The Hall–Kier alpha value is -3.72. The van der Waals surface area contributed by atoms with Gasteiger partial charge >= 0.3 is 18.4 Å². The van der Waals surface area contributed by atoms with E-state index < -0.39 is 53.3 Å². The summed E-state index contributed by atoms with van der Waals surface area (Å²) in [6, 6.07) is 5.64. The highest BCUT2D eigenvalue weighted by Crippen LogP contribution is 2.35. The number of hydrogen-bond acceptors (Lipinski definition) is 8. The van der Waals surface area contributed by atoms with E-state index in [0.29, 0.717) is 22.0 Å². The third-order valence-corrected chi connectivity index (χ3v) is 7.55. The Morgan fingerprint density at radius 1 is 1.19 bits per heavy atom. The number of likely N-dealkylation sites (tertiary alicyclic amines) is 1. The van der Waals surface area contributed by atoms with Gasteiger partial charge in [0.05, 0.1) is 17.6 Å². The molecule has 3 rings (SSSR count). The van der Waals surface area contributed by atoms with Crippen molar-refractivity contribution in [2.75, 3.05) is 19.4 Å². The third kappa shape index (κ3) is 9.92. The molecule has 43 heavy (non-hydrogen) atoms. The number of aromatic nitrogens is 1. The van der Waals surface area contributed by atoms with Crippen LogP contribution in [0.1, 0.15) is 44.0 Å². The first kappa shape index (κ1) is 33.8. The molecule has 4 amide bonds. The van der Waals surface area contributed by atoms with Gasteiger partial charge in [-0.05, 0) is 64.1 Å². The zero-order valence-electron chi connectivity index (χ0n) is 23.7. The molecule has 234 valence electrons. The van der Waals surface area contributed by atoms with Crippen molar-refractivity contribution in [3.05, 3.63) is 53.2 Å². The van der Waals surface area contributed by atoms with Crippen molar-refractivity contribution < 1.29 is 41.8 Å². The number of thioether (sulfide) groups is 1. The molecule has 1 aromatic heterocycles. The fourth-order valence-corrected chi connectivity index (χ4v) is 5.08. The minimum atomic E-state index is -4.56. The number of piperidine rings is 1. The number of nitrogens with one attached hydrogen (secondary N) is 3. The van der Waals surface area contributed by atoms with Crippen LogP contribution in [-0.2, 0) is 14.3 Å². The van der Waals surface area contributed by atoms with E-state index in [0.717, 1.165) is 4.90 Å². The molecular weight excluding hydrogens is 615 g/mol. The summed E-state index contributed by atoms with van der Waals surface area (Å²) in [7, 11) is 0. The van der Waals surface area contributed by atoms with Crippen LogP contribution < -0.4 is 16.2 Å². The first-order chi connectivity index (χ1) is 20.0. The van der Waals surface area contributed by atoms with Crippen LogP contribution in [0.4, 0.5) is 22.8 Å². The first-order valence-corrected chi connectivity index (χ1v) is 14.5. The summed E-state index contributed by atoms with van der Waals surface area (Å²) in [6.45, 7) is 4.13. The smallest absolute Gasteiger partial charge is 0.426 e. The summed E-state index contributed by atoms with van der Waals surface area (Å²) in [5.74, 6) is -1.25. The lowest BCUT2D eigenvalue weighted by Crippen LogP contribution is -2.64. The van der Waals surface area contributed by atoms with Gasteiger partial charge in [-0.25, -0.2) is 15.0 Å². The van der Waals surface area contributed by atoms with Gasteiger partial charge in [0, 0.05) is 22.7 Å². The minimum Gasteiger partial charge on any atom is -0.444 e. The SMILES string of the molecule is CS[C@@]1(NC(=O)c2cnc3cc(Cl)ccc3c2)CC[C@H](C(=O)NNC(=O)OC/C=C/C(F)(F)F)N(C(=O)OC(C)(C)C)C1. The summed E-state index contributed by atoms with van der Waals surface area (Å²) >= 11 is 7.30. The van der Waals surface area contributed by atoms with Crippen LogP contribution in [0.2, 0.25) is 5.02 Å². The Labute approximate surface area is 254 Å². The Morgan fingerprint density at radius 2 is 1.91 bits per heavy atom. The van der Waals surface area contributed by atoms with Gasteiger partial charge in [-0.1, -0.05) is 17.7 Å². The van der Waals surface area contributed by atoms with Gasteiger partial charge in [-0.2, -0.15) is 13.2 Å². The molecule has 3 N–H and O–H groups in total. The van der Waals surface area contributed by atoms with Crippen LogP contribution in [0, 0.1) is 0 Å². The molecule has 0 unspecified atom stereocenters. The molecule has 0 spiro atoms. The molecule has 2 atom stereocenters. The minimum absolute atomic E-state index is 0.0612. The molecule has 11 nitrogen and oxygen atoms in total. The van der Waals surface area contributed by atoms with Crippen LogP contribution in [-0.4, -0.2) is 76.0 Å². The monoisotopic (exact) mass is 645 g/mol. The zero-order chi connectivity index (χ0) is 32.0. The highest BCUT2D eigenvalue weighted by atomic mass is 35.5. The summed E-state index contributed by atoms with van der Waals surface area (Å²) in [4.78, 5) is 55.8. The predicted molar refractivity (Wildman–Crippen MR) is 154 cm³/mol. The van der Waals surface area contributed by atoms with Gasteiger partial charge < -0.3 is 14.8 Å². The number of fused-ring (bicyclic) bond motifs is 1. The molecule has 2 aromatic rings. The largest absolute Gasteiger partial charge is 0.444 e. The molecule has 0 radical (unpaired) electrons. The average Bonchev–Trinajstić information content (AvgIpc) is 2.92. The van der Waals surface area contributed by atoms with Crippen molar-refractivity contribution >= 4 is 58.3 Å². The molecule has 0 aliphatic carbocycles. The molecule has 0 saturated carbocycles. The normalized spacial score (nSPS) is 19.2. The number of ether oxygens (including phenoxy) is 2. The van der Waals surface area contributed by atoms with Gasteiger partial charge in [0.2, 0.25) is 0 Å². The van der Waals surface area contributed by atoms with E-state index in [2.05, 4.69) is 20.5 Å². The standard InChI is InChI=1S/C27H31ClF3N5O6S/c1-25(2,3)42-24(40)36-15-26(43-4,33-21(37)17-12-16-6-7-18(28)13-19(16)32-14-17)10-8-20(36)22(38)34-35-23(39)41-11-5-9-27(29,30)31/h5-7,9,12-14,20H,8,10-11,15H2,1-4H3,(H,33,37)(H,34,38)(H,35,39)/b9-5+/t20-,26+/m1/s1. The van der Waals surface area contributed by atoms with E-state index in [1.54, 1.807) is 51.3 Å². The van der Waals surface area contributed by atoms with Gasteiger partial charge in [0.25, 0.3) is 11.8 Å². The highest BCUT2D eigenvalue weighted by Gasteiger charge is 2.46. The Bertz CT molecular complexity index is 1400. The topological polar surface area (TPSA) is 139 Å². The zero-order valence-corrected chi connectivity index (χ0v) is 25.3. The van der Waals surface area contributed by atoms with Gasteiger partial charge in [0.15, 0.2) is 0 Å². The number of hydrogen-bond donors (Lipinski definition) is 3. The van der Waals surface area contributed by atoms with E-state index >= 15 is 0 Å². The van der Waals surface area contributed by atoms with E-state index in [1.807, 2.05) is 5.43 Å². The molecule has 1 aliphatic heterocycles. The molecule has 1 aliphatic rings. The Balaban J connectivity index is 1.73. The van der Waals surface area contributed by atoms with Crippen LogP contribution in [0.25, 0.3) is 10.9 Å².